The third kappa shape index (κ3) is 2.42. The molecule has 1 aromatic carbocycles. The minimum absolute atomic E-state index is 0.143. The highest BCUT2D eigenvalue weighted by Gasteiger charge is 2.09. The number of hydrogen-bond donors (Lipinski definition) is 2. The molecule has 0 aliphatic heterocycles. The van der Waals surface area contributed by atoms with E-state index in [0.29, 0.717) is 6.54 Å². The molecule has 0 fully saturated rings. The van der Waals surface area contributed by atoms with Gasteiger partial charge in [0.15, 0.2) is 0 Å². The summed E-state index contributed by atoms with van der Waals surface area (Å²) in [7, 11) is 1.68. The zero-order chi connectivity index (χ0) is 11.4. The maximum atomic E-state index is 8.79. The van der Waals surface area contributed by atoms with Crippen molar-refractivity contribution in [2.45, 2.75) is 20.8 Å². The van der Waals surface area contributed by atoms with Gasteiger partial charge in [-0.3, -0.25) is 0 Å². The van der Waals surface area contributed by atoms with E-state index in [0.717, 1.165) is 22.6 Å². The number of hydrogen-bond acceptors (Lipinski definition) is 3. The lowest BCUT2D eigenvalue weighted by Crippen LogP contribution is -2.09. The lowest BCUT2D eigenvalue weighted by atomic mass is 10.0. The summed E-state index contributed by atoms with van der Waals surface area (Å²) >= 11 is 0. The van der Waals surface area contributed by atoms with Gasteiger partial charge in [0.2, 0.25) is 0 Å². The van der Waals surface area contributed by atoms with Crippen molar-refractivity contribution in [2.24, 2.45) is 0 Å². The van der Waals surface area contributed by atoms with Crippen LogP contribution in [0.4, 0.5) is 5.69 Å². The predicted octanol–water partition coefficient (Wildman–Crippen LogP) is 2.02. The first kappa shape index (κ1) is 11.9. The minimum atomic E-state index is 0.143. The highest BCUT2D eigenvalue weighted by molar-refractivity contribution is 5.63. The Balaban J connectivity index is 3.11. The highest BCUT2D eigenvalue weighted by Crippen LogP contribution is 2.30. The maximum absolute atomic E-state index is 8.79. The van der Waals surface area contributed by atoms with Crippen LogP contribution in [0.1, 0.15) is 16.7 Å². The smallest absolute Gasteiger partial charge is 0.122 e. The van der Waals surface area contributed by atoms with Crippen molar-refractivity contribution in [3.8, 4) is 5.75 Å². The average molecular weight is 209 g/mol. The lowest BCUT2D eigenvalue weighted by Gasteiger charge is -2.16. The van der Waals surface area contributed by atoms with Crippen molar-refractivity contribution in [1.82, 2.24) is 0 Å². The number of ether oxygens (including phenoxy) is 1. The molecule has 84 valence electrons. The van der Waals surface area contributed by atoms with Crippen molar-refractivity contribution in [2.75, 3.05) is 25.6 Å². The molecule has 0 aliphatic carbocycles. The molecule has 2 N–H and O–H groups in total. The molecular weight excluding hydrogens is 190 g/mol. The van der Waals surface area contributed by atoms with Crippen LogP contribution in [0.15, 0.2) is 6.07 Å². The molecule has 0 saturated heterocycles. The standard InChI is InChI=1S/C12H19NO2/c1-8-7-11(15-4)9(2)10(3)12(8)13-5-6-14/h7,13-14H,5-6H2,1-4H3. The van der Waals surface area contributed by atoms with Gasteiger partial charge in [-0.2, -0.15) is 0 Å². The summed E-state index contributed by atoms with van der Waals surface area (Å²) in [5.74, 6) is 0.916. The number of methoxy groups -OCH3 is 1. The highest BCUT2D eigenvalue weighted by atomic mass is 16.5. The molecule has 0 aromatic heterocycles. The first-order valence-electron chi connectivity index (χ1n) is 5.11. The van der Waals surface area contributed by atoms with Gasteiger partial charge in [0.1, 0.15) is 5.75 Å². The molecule has 1 rings (SSSR count). The second-order valence-corrected chi connectivity index (χ2v) is 3.67. The van der Waals surface area contributed by atoms with E-state index in [1.54, 1.807) is 7.11 Å². The fraction of sp³-hybridized carbons (Fsp3) is 0.500. The van der Waals surface area contributed by atoms with Crippen LogP contribution in [-0.2, 0) is 0 Å². The number of aliphatic hydroxyl groups excluding tert-OH is 1. The Morgan fingerprint density at radius 3 is 2.47 bits per heavy atom. The molecule has 0 spiro atoms. The average Bonchev–Trinajstić information content (AvgIpc) is 2.23. The molecule has 0 aliphatic rings. The second-order valence-electron chi connectivity index (χ2n) is 3.67. The van der Waals surface area contributed by atoms with Gasteiger partial charge in [0.25, 0.3) is 0 Å². The molecule has 0 bridgehead atoms. The molecule has 15 heavy (non-hydrogen) atoms. The Morgan fingerprint density at radius 1 is 1.27 bits per heavy atom. The summed E-state index contributed by atoms with van der Waals surface area (Å²) in [6, 6.07) is 2.02. The quantitative estimate of drug-likeness (QED) is 0.797. The van der Waals surface area contributed by atoms with Crippen LogP contribution >= 0.6 is 0 Å². The molecule has 3 nitrogen and oxygen atoms in total. The van der Waals surface area contributed by atoms with Crippen molar-refractivity contribution in [3.63, 3.8) is 0 Å². The molecule has 0 heterocycles. The van der Waals surface area contributed by atoms with Gasteiger partial charge in [-0.15, -0.1) is 0 Å². The van der Waals surface area contributed by atoms with Crippen LogP contribution in [-0.4, -0.2) is 25.4 Å². The number of nitrogens with one attached hydrogen (secondary N) is 1. The van der Waals surface area contributed by atoms with Gasteiger partial charge in [-0.05, 0) is 43.5 Å². The molecule has 0 radical (unpaired) electrons. The Morgan fingerprint density at radius 2 is 1.93 bits per heavy atom. The Hall–Kier alpha value is -1.22. The maximum Gasteiger partial charge on any atom is 0.122 e. The van der Waals surface area contributed by atoms with Crippen molar-refractivity contribution in [3.05, 3.63) is 22.8 Å². The molecular formula is C12H19NO2. The van der Waals surface area contributed by atoms with Crippen LogP contribution < -0.4 is 10.1 Å². The largest absolute Gasteiger partial charge is 0.496 e. The number of benzene rings is 1. The van der Waals surface area contributed by atoms with Gasteiger partial charge < -0.3 is 15.2 Å². The summed E-state index contributed by atoms with van der Waals surface area (Å²) in [6.45, 7) is 6.86. The van der Waals surface area contributed by atoms with Gasteiger partial charge >= 0.3 is 0 Å². The van der Waals surface area contributed by atoms with Gasteiger partial charge in [-0.1, -0.05) is 0 Å². The number of aliphatic hydroxyl groups is 1. The normalized spacial score (nSPS) is 10.2. The summed E-state index contributed by atoms with van der Waals surface area (Å²) < 4.78 is 5.29. The number of anilines is 1. The van der Waals surface area contributed by atoms with Gasteiger partial charge in [0.05, 0.1) is 13.7 Å². The Kier molecular flexibility index (Phi) is 3.97. The first-order chi connectivity index (χ1) is 7.11. The van der Waals surface area contributed by atoms with Crippen LogP contribution in [0.2, 0.25) is 0 Å². The van der Waals surface area contributed by atoms with E-state index >= 15 is 0 Å². The number of aryl methyl sites for hydroxylation is 1. The molecule has 0 saturated carbocycles. The summed E-state index contributed by atoms with van der Waals surface area (Å²) in [4.78, 5) is 0. The van der Waals surface area contributed by atoms with E-state index in [4.69, 9.17) is 9.84 Å². The third-order valence-electron chi connectivity index (χ3n) is 2.68. The predicted molar refractivity (Wildman–Crippen MR) is 62.8 cm³/mol. The van der Waals surface area contributed by atoms with E-state index in [1.165, 1.54) is 5.56 Å². The summed E-state index contributed by atoms with van der Waals surface area (Å²) in [6.07, 6.45) is 0. The fourth-order valence-corrected chi connectivity index (χ4v) is 1.71. The topological polar surface area (TPSA) is 41.5 Å². The lowest BCUT2D eigenvalue weighted by molar-refractivity contribution is 0.311. The zero-order valence-corrected chi connectivity index (χ0v) is 9.85. The molecule has 0 atom stereocenters. The number of rotatable bonds is 4. The summed E-state index contributed by atoms with van der Waals surface area (Å²) in [5.41, 5.74) is 4.56. The van der Waals surface area contributed by atoms with E-state index in [1.807, 2.05) is 19.9 Å². The van der Waals surface area contributed by atoms with Gasteiger partial charge in [0, 0.05) is 12.2 Å². The summed E-state index contributed by atoms with van der Waals surface area (Å²) in [5, 5.41) is 12.0. The monoisotopic (exact) mass is 209 g/mol. The van der Waals surface area contributed by atoms with E-state index in [9.17, 15) is 0 Å². The SMILES string of the molecule is COc1cc(C)c(NCCO)c(C)c1C. The Labute approximate surface area is 91.1 Å². The van der Waals surface area contributed by atoms with Crippen LogP contribution in [0.5, 0.6) is 5.75 Å². The zero-order valence-electron chi connectivity index (χ0n) is 9.85. The Bertz CT molecular complexity index is 348. The third-order valence-corrected chi connectivity index (χ3v) is 2.68. The van der Waals surface area contributed by atoms with E-state index < -0.39 is 0 Å². The molecule has 0 amide bonds. The van der Waals surface area contributed by atoms with Crippen LogP contribution in [0.3, 0.4) is 0 Å². The molecule has 3 heteroatoms. The van der Waals surface area contributed by atoms with E-state index in [2.05, 4.69) is 12.2 Å². The molecule has 0 unspecified atom stereocenters. The fourth-order valence-electron chi connectivity index (χ4n) is 1.71. The van der Waals surface area contributed by atoms with Gasteiger partial charge in [-0.25, -0.2) is 0 Å². The van der Waals surface area contributed by atoms with E-state index in [-0.39, 0.29) is 6.61 Å². The van der Waals surface area contributed by atoms with Crippen LogP contribution in [0.25, 0.3) is 0 Å². The van der Waals surface area contributed by atoms with Crippen LogP contribution in [0, 0.1) is 20.8 Å². The molecule has 1 aromatic rings. The minimum Gasteiger partial charge on any atom is -0.496 e. The first-order valence-corrected chi connectivity index (χ1v) is 5.11. The van der Waals surface area contributed by atoms with Crippen molar-refractivity contribution in [1.29, 1.82) is 0 Å². The van der Waals surface area contributed by atoms with Crippen molar-refractivity contribution >= 4 is 5.69 Å². The second kappa shape index (κ2) is 5.03. The van der Waals surface area contributed by atoms with Crippen molar-refractivity contribution < 1.29 is 9.84 Å².